The minimum absolute atomic E-state index is 0. The maximum atomic E-state index is 9.29. The SMILES string of the molecule is [2H]C([2H])([2H])c1c[c-]c(-c2cc(C([2H])([2H])C(C)(C)C)c(C([2H])([2H])C(C)(C)C)cn2)cc1-c1ccccc1.[2H]C([2H])([2H])c1ccc2c(n1)oc1c(-c3cc(C([2H])([2H])C4(C)CCC5(CCCCC5)CC4)ccn3)[c-]ccc12.[Ir]. The summed E-state index contributed by atoms with van der Waals surface area (Å²) in [4.78, 5) is 13.4. The Balaban J connectivity index is 0.000000216. The average molecular weight is 1030 g/mol. The van der Waals surface area contributed by atoms with Crippen LogP contribution in [0.2, 0.25) is 0 Å². The van der Waals surface area contributed by atoms with Crippen molar-refractivity contribution in [2.75, 3.05) is 0 Å². The summed E-state index contributed by atoms with van der Waals surface area (Å²) in [6.07, 6.45) is 8.40. The maximum Gasteiger partial charge on any atom is 0.216 e. The molecule has 331 valence electrons. The summed E-state index contributed by atoms with van der Waals surface area (Å²) in [5.74, 6) is 0. The van der Waals surface area contributed by atoms with Crippen LogP contribution in [0.1, 0.15) is 151 Å². The van der Waals surface area contributed by atoms with Gasteiger partial charge in [0.15, 0.2) is 0 Å². The summed E-state index contributed by atoms with van der Waals surface area (Å²) in [7, 11) is 0. The largest absolute Gasteiger partial charge is 0.486 e. The normalized spacial score (nSPS) is 20.0. The number of pyridine rings is 3. The molecule has 1 radical (unpaired) electrons. The average Bonchev–Trinajstić information content (AvgIpc) is 3.73. The molecule has 0 N–H and O–H groups in total. The molecule has 4 heterocycles. The molecule has 7 aromatic rings. The number of hydrogen-bond donors (Lipinski definition) is 0. The van der Waals surface area contributed by atoms with E-state index in [9.17, 15) is 2.74 Å². The Hall–Kier alpha value is -4.44. The fourth-order valence-corrected chi connectivity index (χ4v) is 9.17. The van der Waals surface area contributed by atoms with E-state index in [1.165, 1.54) is 50.4 Å². The Bertz CT molecular complexity index is 3150. The van der Waals surface area contributed by atoms with Crippen LogP contribution >= 0.6 is 0 Å². The van der Waals surface area contributed by atoms with Crippen LogP contribution in [0.15, 0.2) is 102 Å². The fraction of sp³-hybridized carbons (Fsp3) is 0.431. The summed E-state index contributed by atoms with van der Waals surface area (Å²) in [5.41, 5.74) is 3.73. The van der Waals surface area contributed by atoms with Crippen LogP contribution in [0.4, 0.5) is 0 Å². The van der Waals surface area contributed by atoms with E-state index in [2.05, 4.69) is 34.0 Å². The summed E-state index contributed by atoms with van der Waals surface area (Å²) in [6.45, 7) is 8.16. The standard InChI is InChI=1S/C30H33N2O.C28H34N.Ir/c1-21-9-10-24-23-7-6-8-25(27(23)33-28(24)32-21)26-19-22(11-18-31-26)20-29(2)14-16-30(17-15-29)12-4-3-5-13-30;1-20-13-14-22(15-25(20)21-11-9-8-10-12-21)26-16-23(17-27(2,3)4)24(19-29-26)18-28(5,6)7;/h6-7,9-11,18-19H,3-5,12-17,20H2,1-2H3;8-13,15-16,19H,17-18H2,1-7H3;/q2*-1;/i1D3,20D2;1D3,17D2,18D2;. The summed E-state index contributed by atoms with van der Waals surface area (Å²) in [6, 6.07) is 30.8. The van der Waals surface area contributed by atoms with Crippen molar-refractivity contribution in [2.45, 2.75) is 139 Å². The Morgan fingerprint density at radius 3 is 2.21 bits per heavy atom. The molecule has 2 aliphatic rings. The number of hydrogen-bond acceptors (Lipinski definition) is 4. The van der Waals surface area contributed by atoms with Crippen molar-refractivity contribution in [3.8, 4) is 33.6 Å². The van der Waals surface area contributed by atoms with Gasteiger partial charge < -0.3 is 14.4 Å². The van der Waals surface area contributed by atoms with Crippen LogP contribution in [0.3, 0.4) is 0 Å². The van der Waals surface area contributed by atoms with E-state index in [1.807, 2.05) is 42.5 Å². The van der Waals surface area contributed by atoms with Gasteiger partial charge in [-0.25, -0.2) is 4.98 Å². The topological polar surface area (TPSA) is 51.8 Å². The number of rotatable bonds is 7. The first kappa shape index (κ1) is 33.1. The number of benzene rings is 3. The molecule has 3 aromatic carbocycles. The predicted octanol–water partition coefficient (Wildman–Crippen LogP) is 15.9. The van der Waals surface area contributed by atoms with Crippen molar-refractivity contribution >= 4 is 22.1 Å². The molecular formula is C58H67IrN3O-2. The molecule has 0 atom stereocenters. The van der Waals surface area contributed by atoms with Crippen LogP contribution < -0.4 is 0 Å². The van der Waals surface area contributed by atoms with Gasteiger partial charge in [0, 0.05) is 60.0 Å². The van der Waals surface area contributed by atoms with Gasteiger partial charge >= 0.3 is 0 Å². The molecule has 2 fully saturated rings. The molecular weight excluding hydrogens is 947 g/mol. The number of fused-ring (bicyclic) bond motifs is 3. The number of furan rings is 1. The first-order valence-electron chi connectivity index (χ1n) is 28.1. The Morgan fingerprint density at radius 2 is 1.49 bits per heavy atom. The van der Waals surface area contributed by atoms with E-state index in [4.69, 9.17) is 18.1 Å². The second kappa shape index (κ2) is 19.0. The fourth-order valence-electron chi connectivity index (χ4n) is 9.17. The van der Waals surface area contributed by atoms with Gasteiger partial charge in [0.1, 0.15) is 0 Å². The third-order valence-corrected chi connectivity index (χ3v) is 12.3. The third-order valence-electron chi connectivity index (χ3n) is 12.3. The Morgan fingerprint density at radius 1 is 0.746 bits per heavy atom. The van der Waals surface area contributed by atoms with E-state index in [0.29, 0.717) is 44.6 Å². The third kappa shape index (κ3) is 11.3. The number of aryl methyl sites for hydroxylation is 2. The zero-order valence-corrected chi connectivity index (χ0v) is 40.1. The molecule has 1 spiro atoms. The zero-order valence-electron chi connectivity index (χ0n) is 49.7. The van der Waals surface area contributed by atoms with E-state index < -0.39 is 49.1 Å². The van der Waals surface area contributed by atoms with Gasteiger partial charge in [-0.1, -0.05) is 139 Å². The second-order valence-corrected chi connectivity index (χ2v) is 19.8. The number of aromatic nitrogens is 3. The van der Waals surface area contributed by atoms with Crippen LogP contribution in [0, 0.1) is 47.5 Å². The molecule has 63 heavy (non-hydrogen) atoms. The molecule has 4 nitrogen and oxygen atoms in total. The molecule has 4 aromatic heterocycles. The van der Waals surface area contributed by atoms with E-state index in [0.717, 1.165) is 42.0 Å². The summed E-state index contributed by atoms with van der Waals surface area (Å²) in [5, 5.41) is 1.52. The van der Waals surface area contributed by atoms with Crippen LogP contribution in [0.25, 0.3) is 55.7 Å². The Kier molecular flexibility index (Phi) is 9.96. The van der Waals surface area contributed by atoms with Crippen molar-refractivity contribution in [2.24, 2.45) is 21.7 Å². The van der Waals surface area contributed by atoms with Gasteiger partial charge in [-0.2, -0.15) is 0 Å². The quantitative estimate of drug-likeness (QED) is 0.149. The van der Waals surface area contributed by atoms with Crippen molar-refractivity contribution in [1.29, 1.82) is 0 Å². The van der Waals surface area contributed by atoms with Gasteiger partial charge in [0.05, 0.1) is 5.58 Å². The molecule has 2 aliphatic carbocycles. The van der Waals surface area contributed by atoms with Crippen molar-refractivity contribution in [3.05, 3.63) is 137 Å². The summed E-state index contributed by atoms with van der Waals surface area (Å²) < 4.78 is 107. The second-order valence-electron chi connectivity index (χ2n) is 19.8. The van der Waals surface area contributed by atoms with Gasteiger partial charge in [0.2, 0.25) is 5.71 Å². The first-order chi connectivity index (χ1) is 34.3. The molecule has 9 rings (SSSR count). The summed E-state index contributed by atoms with van der Waals surface area (Å²) >= 11 is 0. The van der Waals surface area contributed by atoms with Crippen molar-refractivity contribution in [3.63, 3.8) is 0 Å². The zero-order chi connectivity index (χ0) is 54.1. The minimum atomic E-state index is -2.34. The molecule has 2 saturated carbocycles. The smallest absolute Gasteiger partial charge is 0.216 e. The minimum Gasteiger partial charge on any atom is -0.486 e. The van der Waals surface area contributed by atoms with Crippen molar-refractivity contribution in [1.82, 2.24) is 15.0 Å². The van der Waals surface area contributed by atoms with Crippen LogP contribution in [0.5, 0.6) is 0 Å². The maximum absolute atomic E-state index is 9.29. The Labute approximate surface area is 408 Å². The van der Waals surface area contributed by atoms with Gasteiger partial charge in [-0.05, 0) is 132 Å². The van der Waals surface area contributed by atoms with Gasteiger partial charge in [-0.15, -0.1) is 47.5 Å². The predicted molar refractivity (Wildman–Crippen MR) is 259 cm³/mol. The first-order valence-corrected chi connectivity index (χ1v) is 22.1. The molecule has 0 bridgehead atoms. The molecule has 5 heteroatoms. The molecule has 0 unspecified atom stereocenters. The monoisotopic (exact) mass is 1030 g/mol. The van der Waals surface area contributed by atoms with E-state index >= 15 is 0 Å². The van der Waals surface area contributed by atoms with Crippen LogP contribution in [-0.4, -0.2) is 15.0 Å². The molecule has 0 saturated heterocycles. The molecule has 0 aliphatic heterocycles. The molecule has 0 amide bonds. The van der Waals surface area contributed by atoms with Gasteiger partial charge in [0.25, 0.3) is 0 Å². The van der Waals surface area contributed by atoms with E-state index in [1.54, 1.807) is 78.1 Å². The van der Waals surface area contributed by atoms with Gasteiger partial charge in [-0.3, -0.25) is 0 Å². The van der Waals surface area contributed by atoms with Crippen LogP contribution in [-0.2, 0) is 39.2 Å². The van der Waals surface area contributed by atoms with E-state index in [-0.39, 0.29) is 48.2 Å². The number of nitrogens with zero attached hydrogens (tertiary/aromatic N) is 3. The van der Waals surface area contributed by atoms with Crippen molar-refractivity contribution < 1.29 is 41.0 Å².